The first-order valence-electron chi connectivity index (χ1n) is 18.3. The molecule has 5 rings (SSSR count). The molecule has 0 bridgehead atoms. The largest absolute Gasteiger partial charge is 0.298 e. The number of unbranched alkanes of at least 4 members (excludes halogenated alkanes) is 5. The van der Waals surface area contributed by atoms with Crippen LogP contribution in [0.5, 0.6) is 0 Å². The number of halogens is 2. The Morgan fingerprint density at radius 2 is 0.925 bits per heavy atom. The zero-order valence-electron chi connectivity index (χ0n) is 26.3. The summed E-state index contributed by atoms with van der Waals surface area (Å²) in [5.74, 6) is 5.79. The summed E-state index contributed by atoms with van der Waals surface area (Å²) in [6.45, 7) is 4.63. The SMILES string of the molecule is CCCCCCCCC1CCC([C@H]2CC[C@@]3(CC2)C(=O)[C@]2(CCC(C4CCC(CCC)CC4)CC2)C3(Cl)Cl)CC1. The van der Waals surface area contributed by atoms with Gasteiger partial charge in [0.25, 0.3) is 0 Å². The number of ketones is 1. The van der Waals surface area contributed by atoms with Crippen LogP contribution in [0.1, 0.15) is 174 Å². The molecule has 2 spiro atoms. The third kappa shape index (κ3) is 6.10. The van der Waals surface area contributed by atoms with Gasteiger partial charge < -0.3 is 0 Å². The van der Waals surface area contributed by atoms with Crippen LogP contribution < -0.4 is 0 Å². The highest BCUT2D eigenvalue weighted by molar-refractivity contribution is 6.55. The molecule has 0 N–H and O–H groups in total. The second-order valence-corrected chi connectivity index (χ2v) is 17.0. The van der Waals surface area contributed by atoms with Crippen LogP contribution in [0, 0.1) is 46.3 Å². The normalized spacial score (nSPS) is 41.8. The van der Waals surface area contributed by atoms with Crippen LogP contribution in [0.25, 0.3) is 0 Å². The molecule has 1 nitrogen and oxygen atoms in total. The molecule has 5 fully saturated rings. The topological polar surface area (TPSA) is 17.1 Å². The lowest BCUT2D eigenvalue weighted by atomic mass is 9.41. The lowest BCUT2D eigenvalue weighted by Gasteiger charge is -2.67. The number of hydrogen-bond donors (Lipinski definition) is 0. The summed E-state index contributed by atoms with van der Waals surface area (Å²) in [6, 6.07) is 0. The number of alkyl halides is 2. The molecule has 5 aliphatic carbocycles. The summed E-state index contributed by atoms with van der Waals surface area (Å²) in [6.07, 6.45) is 32.7. The second-order valence-electron chi connectivity index (χ2n) is 15.6. The Balaban J connectivity index is 1.05. The molecule has 230 valence electrons. The molecule has 5 saturated carbocycles. The molecule has 0 radical (unpaired) electrons. The molecule has 40 heavy (non-hydrogen) atoms. The summed E-state index contributed by atoms with van der Waals surface area (Å²) in [4.78, 5) is 14.1. The van der Waals surface area contributed by atoms with Crippen molar-refractivity contribution in [3.8, 4) is 0 Å². The Kier molecular flexibility index (Phi) is 11.0. The van der Waals surface area contributed by atoms with Crippen LogP contribution in [-0.2, 0) is 4.79 Å². The molecule has 0 saturated heterocycles. The van der Waals surface area contributed by atoms with Gasteiger partial charge in [-0.05, 0) is 113 Å². The van der Waals surface area contributed by atoms with E-state index in [0.29, 0.717) is 5.78 Å². The summed E-state index contributed by atoms with van der Waals surface area (Å²) in [7, 11) is 0. The highest BCUT2D eigenvalue weighted by atomic mass is 35.5. The number of hydrogen-bond acceptors (Lipinski definition) is 1. The van der Waals surface area contributed by atoms with Crippen molar-refractivity contribution in [3.05, 3.63) is 0 Å². The van der Waals surface area contributed by atoms with Gasteiger partial charge in [-0.1, -0.05) is 121 Å². The van der Waals surface area contributed by atoms with Crippen LogP contribution >= 0.6 is 23.2 Å². The summed E-state index contributed by atoms with van der Waals surface area (Å²) < 4.78 is -0.833. The maximum absolute atomic E-state index is 14.1. The molecule has 0 heterocycles. The van der Waals surface area contributed by atoms with E-state index in [2.05, 4.69) is 13.8 Å². The van der Waals surface area contributed by atoms with Crippen molar-refractivity contribution >= 4 is 29.0 Å². The van der Waals surface area contributed by atoms with E-state index >= 15 is 0 Å². The van der Waals surface area contributed by atoms with E-state index in [0.717, 1.165) is 61.2 Å². The van der Waals surface area contributed by atoms with Gasteiger partial charge in [0.1, 0.15) is 4.33 Å². The van der Waals surface area contributed by atoms with E-state index in [-0.39, 0.29) is 0 Å². The van der Waals surface area contributed by atoms with Gasteiger partial charge in [-0.25, -0.2) is 0 Å². The molecule has 5 aliphatic rings. The smallest absolute Gasteiger partial charge is 0.151 e. The van der Waals surface area contributed by atoms with Gasteiger partial charge in [0.2, 0.25) is 0 Å². The first-order valence-corrected chi connectivity index (χ1v) is 19.0. The van der Waals surface area contributed by atoms with Crippen molar-refractivity contribution in [3.63, 3.8) is 0 Å². The Hall–Kier alpha value is 0.250. The fourth-order valence-corrected chi connectivity index (χ4v) is 12.0. The van der Waals surface area contributed by atoms with E-state index in [1.165, 1.54) is 135 Å². The quantitative estimate of drug-likeness (QED) is 0.172. The van der Waals surface area contributed by atoms with Crippen LogP contribution in [-0.4, -0.2) is 10.1 Å². The van der Waals surface area contributed by atoms with Crippen molar-refractivity contribution in [2.75, 3.05) is 0 Å². The molecule has 0 unspecified atom stereocenters. The Labute approximate surface area is 258 Å². The zero-order valence-corrected chi connectivity index (χ0v) is 27.8. The van der Waals surface area contributed by atoms with Crippen molar-refractivity contribution in [2.45, 2.75) is 179 Å². The van der Waals surface area contributed by atoms with Crippen molar-refractivity contribution < 1.29 is 4.79 Å². The molecular weight excluding hydrogens is 531 g/mol. The summed E-state index contributed by atoms with van der Waals surface area (Å²) in [5.41, 5.74) is -0.875. The second kappa shape index (κ2) is 13.9. The number of carbonyl (C=O) groups excluding carboxylic acids is 1. The van der Waals surface area contributed by atoms with Gasteiger partial charge in [-0.15, -0.1) is 0 Å². The van der Waals surface area contributed by atoms with Crippen LogP contribution in [0.3, 0.4) is 0 Å². The minimum absolute atomic E-state index is 0.437. The van der Waals surface area contributed by atoms with E-state index in [9.17, 15) is 4.79 Å². The summed E-state index contributed by atoms with van der Waals surface area (Å²) in [5, 5.41) is 0. The molecule has 0 aliphatic heterocycles. The predicted octanol–water partition coefficient (Wildman–Crippen LogP) is 12.3. The number of Topliss-reactive ketones (excluding diaryl/α,β-unsaturated/α-hetero) is 1. The van der Waals surface area contributed by atoms with Gasteiger partial charge in [-0.2, -0.15) is 0 Å². The van der Waals surface area contributed by atoms with E-state index < -0.39 is 15.2 Å². The van der Waals surface area contributed by atoms with Gasteiger partial charge in [0.15, 0.2) is 5.78 Å². The fraction of sp³-hybridized carbons (Fsp3) is 0.973. The monoisotopic (exact) mass is 592 g/mol. The number of rotatable bonds is 11. The minimum Gasteiger partial charge on any atom is -0.298 e. The van der Waals surface area contributed by atoms with Crippen molar-refractivity contribution in [1.82, 2.24) is 0 Å². The van der Waals surface area contributed by atoms with Crippen LogP contribution in [0.2, 0.25) is 0 Å². The minimum atomic E-state index is -0.833. The molecule has 0 aromatic rings. The lowest BCUT2D eigenvalue weighted by molar-refractivity contribution is -0.173. The highest BCUT2D eigenvalue weighted by Gasteiger charge is 2.79. The fourth-order valence-electron chi connectivity index (χ4n) is 10.9. The molecule has 0 aromatic carbocycles. The van der Waals surface area contributed by atoms with Gasteiger partial charge in [0.05, 0.1) is 10.8 Å². The van der Waals surface area contributed by atoms with Crippen molar-refractivity contribution in [1.29, 1.82) is 0 Å². The van der Waals surface area contributed by atoms with E-state index in [1.807, 2.05) is 0 Å². The van der Waals surface area contributed by atoms with E-state index in [4.69, 9.17) is 23.2 Å². The maximum Gasteiger partial charge on any atom is 0.151 e. The molecular formula is C37H62Cl2O. The molecule has 0 atom stereocenters. The Morgan fingerprint density at radius 1 is 0.525 bits per heavy atom. The Morgan fingerprint density at radius 3 is 1.35 bits per heavy atom. The van der Waals surface area contributed by atoms with Crippen LogP contribution in [0.4, 0.5) is 0 Å². The standard InChI is InChI=1S/C37H62Cl2O/c1-3-5-6-7-8-9-11-29-14-18-31(19-15-29)33-22-26-36(27-23-33)34(40)35(37(36,38)39)24-20-32(21-25-35)30-16-12-28(10-4-2)13-17-30/h28-33H,3-27H2,1-2H3/t28?,29?,30?,31?,32?,33-,35-,36+. The average molecular weight is 594 g/mol. The number of carbonyl (C=O) groups is 1. The maximum atomic E-state index is 14.1. The first kappa shape index (κ1) is 31.7. The summed E-state index contributed by atoms with van der Waals surface area (Å²) >= 11 is 14.7. The van der Waals surface area contributed by atoms with E-state index in [1.54, 1.807) is 0 Å². The van der Waals surface area contributed by atoms with Crippen LogP contribution in [0.15, 0.2) is 0 Å². The molecule has 0 amide bonds. The Bertz CT molecular complexity index is 787. The van der Waals surface area contributed by atoms with Gasteiger partial charge in [0, 0.05) is 0 Å². The average Bonchev–Trinajstić information content (AvgIpc) is 2.99. The third-order valence-electron chi connectivity index (χ3n) is 13.6. The first-order chi connectivity index (χ1) is 19.4. The molecule has 3 heteroatoms. The zero-order chi connectivity index (χ0) is 28.2. The highest BCUT2D eigenvalue weighted by Crippen LogP contribution is 2.75. The lowest BCUT2D eigenvalue weighted by Crippen LogP contribution is -2.74. The third-order valence-corrected chi connectivity index (χ3v) is 15.1. The molecule has 0 aromatic heterocycles. The predicted molar refractivity (Wildman–Crippen MR) is 172 cm³/mol. The van der Waals surface area contributed by atoms with Gasteiger partial charge in [-0.3, -0.25) is 4.79 Å². The van der Waals surface area contributed by atoms with Crippen molar-refractivity contribution in [2.24, 2.45) is 46.3 Å². The van der Waals surface area contributed by atoms with Gasteiger partial charge >= 0.3 is 0 Å².